The molecule has 25 heavy (non-hydrogen) atoms. The van der Waals surface area contributed by atoms with E-state index in [9.17, 15) is 0 Å². The van der Waals surface area contributed by atoms with Crippen LogP contribution in [0.3, 0.4) is 0 Å². The normalized spacial score (nSPS) is 10.6. The number of ether oxygens (including phenoxy) is 3. The van der Waals surface area contributed by atoms with Crippen molar-refractivity contribution in [2.45, 2.75) is 6.48 Å². The molecular formula is C19H13Br3O3. The predicted molar refractivity (Wildman–Crippen MR) is 108 cm³/mol. The lowest BCUT2D eigenvalue weighted by Crippen LogP contribution is -2.30. The molecule has 0 saturated heterocycles. The number of hydrogen-bond donors (Lipinski definition) is 0. The van der Waals surface area contributed by atoms with E-state index in [2.05, 4.69) is 47.8 Å². The summed E-state index contributed by atoms with van der Waals surface area (Å²) in [4.78, 5) is 0. The Hall–Kier alpha value is -1.50. The van der Waals surface area contributed by atoms with Crippen molar-refractivity contribution >= 4 is 47.8 Å². The zero-order valence-corrected chi connectivity index (χ0v) is 17.6. The van der Waals surface area contributed by atoms with Gasteiger partial charge < -0.3 is 14.2 Å². The molecule has 0 radical (unpaired) electrons. The molecule has 6 heteroatoms. The fourth-order valence-electron chi connectivity index (χ4n) is 1.94. The van der Waals surface area contributed by atoms with Crippen molar-refractivity contribution in [2.24, 2.45) is 0 Å². The van der Waals surface area contributed by atoms with E-state index in [1.54, 1.807) is 0 Å². The zero-order chi connectivity index (χ0) is 17.6. The van der Waals surface area contributed by atoms with Crippen LogP contribution in [0, 0.1) is 0 Å². The Morgan fingerprint density at radius 3 is 0.920 bits per heavy atom. The van der Waals surface area contributed by atoms with Crippen LogP contribution in [-0.4, -0.2) is 6.48 Å². The van der Waals surface area contributed by atoms with E-state index in [4.69, 9.17) is 14.2 Å². The van der Waals surface area contributed by atoms with Crippen molar-refractivity contribution in [2.75, 3.05) is 0 Å². The highest BCUT2D eigenvalue weighted by atomic mass is 79.9. The van der Waals surface area contributed by atoms with Crippen LogP contribution in [-0.2, 0) is 0 Å². The molecule has 0 aliphatic heterocycles. The van der Waals surface area contributed by atoms with E-state index < -0.39 is 6.48 Å². The first-order chi connectivity index (χ1) is 12.1. The summed E-state index contributed by atoms with van der Waals surface area (Å²) in [5.74, 6) is 1.92. The fraction of sp³-hybridized carbons (Fsp3) is 0.0526. The molecule has 3 aromatic rings. The van der Waals surface area contributed by atoms with Crippen LogP contribution in [0.4, 0.5) is 0 Å². The molecule has 0 atom stereocenters. The average Bonchev–Trinajstić information content (AvgIpc) is 2.61. The maximum absolute atomic E-state index is 5.85. The maximum Gasteiger partial charge on any atom is 0.406 e. The van der Waals surface area contributed by atoms with Crippen molar-refractivity contribution in [3.05, 3.63) is 86.2 Å². The lowest BCUT2D eigenvalue weighted by atomic mass is 10.3. The van der Waals surface area contributed by atoms with Gasteiger partial charge in [-0.15, -0.1) is 0 Å². The molecule has 128 valence electrons. The molecule has 0 aliphatic carbocycles. The van der Waals surface area contributed by atoms with Gasteiger partial charge in [0.15, 0.2) is 0 Å². The van der Waals surface area contributed by atoms with Gasteiger partial charge in [0.05, 0.1) is 0 Å². The lowest BCUT2D eigenvalue weighted by molar-refractivity contribution is -0.140. The van der Waals surface area contributed by atoms with Gasteiger partial charge in [-0.1, -0.05) is 47.8 Å². The van der Waals surface area contributed by atoms with Gasteiger partial charge in [0.2, 0.25) is 0 Å². The monoisotopic (exact) mass is 526 g/mol. The molecular weight excluding hydrogens is 516 g/mol. The van der Waals surface area contributed by atoms with Gasteiger partial charge in [-0.3, -0.25) is 0 Å². The SMILES string of the molecule is Brc1ccc(OC(Oc2ccc(Br)cc2)Oc2ccc(Br)cc2)cc1. The average molecular weight is 529 g/mol. The third-order valence-electron chi connectivity index (χ3n) is 3.14. The Bertz CT molecular complexity index is 690. The molecule has 3 rings (SSSR count). The number of hydrogen-bond acceptors (Lipinski definition) is 3. The summed E-state index contributed by atoms with van der Waals surface area (Å²) in [6.07, 6.45) is 0. The van der Waals surface area contributed by atoms with Crippen molar-refractivity contribution in [1.82, 2.24) is 0 Å². The van der Waals surface area contributed by atoms with Crippen LogP contribution in [0.15, 0.2) is 86.2 Å². The number of benzene rings is 3. The van der Waals surface area contributed by atoms with Crippen molar-refractivity contribution in [1.29, 1.82) is 0 Å². The van der Waals surface area contributed by atoms with Gasteiger partial charge >= 0.3 is 6.48 Å². The second-order valence-corrected chi connectivity index (χ2v) is 7.75. The second kappa shape index (κ2) is 8.74. The molecule has 0 fully saturated rings. The van der Waals surface area contributed by atoms with Crippen LogP contribution in [0.1, 0.15) is 0 Å². The Morgan fingerprint density at radius 1 is 0.440 bits per heavy atom. The van der Waals surface area contributed by atoms with Gasteiger partial charge in [0.25, 0.3) is 0 Å². The molecule has 0 amide bonds. The minimum atomic E-state index is -0.927. The largest absolute Gasteiger partial charge is 0.423 e. The van der Waals surface area contributed by atoms with Crippen molar-refractivity contribution in [3.63, 3.8) is 0 Å². The molecule has 0 unspecified atom stereocenters. The third-order valence-corrected chi connectivity index (χ3v) is 4.72. The minimum Gasteiger partial charge on any atom is -0.423 e. The first kappa shape index (κ1) is 18.3. The Morgan fingerprint density at radius 2 is 0.680 bits per heavy atom. The second-order valence-electron chi connectivity index (χ2n) is 5.00. The molecule has 0 aliphatic rings. The third kappa shape index (κ3) is 5.76. The van der Waals surface area contributed by atoms with Gasteiger partial charge in [-0.2, -0.15) is 0 Å². The summed E-state index contributed by atoms with van der Waals surface area (Å²) < 4.78 is 20.5. The number of halogens is 3. The molecule has 0 aromatic heterocycles. The van der Waals surface area contributed by atoms with Gasteiger partial charge in [0.1, 0.15) is 17.2 Å². The number of rotatable bonds is 6. The predicted octanol–water partition coefficient (Wildman–Crippen LogP) is 6.79. The van der Waals surface area contributed by atoms with Crippen LogP contribution >= 0.6 is 47.8 Å². The molecule has 0 saturated carbocycles. The summed E-state index contributed by atoms with van der Waals surface area (Å²) in [7, 11) is 0. The van der Waals surface area contributed by atoms with Gasteiger partial charge in [0, 0.05) is 13.4 Å². The van der Waals surface area contributed by atoms with Crippen LogP contribution < -0.4 is 14.2 Å². The van der Waals surface area contributed by atoms with E-state index >= 15 is 0 Å². The summed E-state index contributed by atoms with van der Waals surface area (Å²) in [5.41, 5.74) is 0. The van der Waals surface area contributed by atoms with E-state index in [-0.39, 0.29) is 0 Å². The fourth-order valence-corrected chi connectivity index (χ4v) is 2.74. The van der Waals surface area contributed by atoms with E-state index in [1.165, 1.54) is 0 Å². The summed E-state index contributed by atoms with van der Waals surface area (Å²) >= 11 is 10.2. The Labute approximate surface area is 171 Å². The first-order valence-electron chi connectivity index (χ1n) is 7.35. The summed E-state index contributed by atoms with van der Waals surface area (Å²) in [6.45, 7) is -0.927. The molecule has 3 nitrogen and oxygen atoms in total. The first-order valence-corrected chi connectivity index (χ1v) is 9.73. The molecule has 0 heterocycles. The van der Waals surface area contributed by atoms with Crippen LogP contribution in [0.25, 0.3) is 0 Å². The Kier molecular flexibility index (Phi) is 6.39. The van der Waals surface area contributed by atoms with Gasteiger partial charge in [-0.25, -0.2) is 0 Å². The van der Waals surface area contributed by atoms with Crippen molar-refractivity contribution in [3.8, 4) is 17.2 Å². The zero-order valence-electron chi connectivity index (χ0n) is 12.9. The van der Waals surface area contributed by atoms with Gasteiger partial charge in [-0.05, 0) is 72.8 Å². The molecule has 0 bridgehead atoms. The maximum atomic E-state index is 5.85. The molecule has 0 spiro atoms. The quantitative estimate of drug-likeness (QED) is 0.329. The standard InChI is InChI=1S/C19H13Br3O3/c20-13-1-7-16(8-2-13)23-19(24-17-9-3-14(21)4-10-17)25-18-11-5-15(22)6-12-18/h1-12,19H. The van der Waals surface area contributed by atoms with E-state index in [0.717, 1.165) is 13.4 Å². The summed E-state index contributed by atoms with van der Waals surface area (Å²) in [5, 5.41) is 0. The van der Waals surface area contributed by atoms with Crippen LogP contribution in [0.5, 0.6) is 17.2 Å². The van der Waals surface area contributed by atoms with Crippen LogP contribution in [0.2, 0.25) is 0 Å². The highest BCUT2D eigenvalue weighted by Gasteiger charge is 2.15. The van der Waals surface area contributed by atoms with E-state index in [1.807, 2.05) is 72.8 Å². The lowest BCUT2D eigenvalue weighted by Gasteiger charge is -2.21. The Balaban J connectivity index is 1.77. The molecule has 0 N–H and O–H groups in total. The molecule has 3 aromatic carbocycles. The van der Waals surface area contributed by atoms with E-state index in [0.29, 0.717) is 17.2 Å². The smallest absolute Gasteiger partial charge is 0.406 e. The minimum absolute atomic E-state index is 0.641. The highest BCUT2D eigenvalue weighted by molar-refractivity contribution is 9.11. The topological polar surface area (TPSA) is 27.7 Å². The van der Waals surface area contributed by atoms with Crippen molar-refractivity contribution < 1.29 is 14.2 Å². The summed E-state index contributed by atoms with van der Waals surface area (Å²) in [6, 6.07) is 22.4. The highest BCUT2D eigenvalue weighted by Crippen LogP contribution is 2.23.